The highest BCUT2D eigenvalue weighted by molar-refractivity contribution is 5.99. The normalized spacial score (nSPS) is 11.0. The second-order valence-electron chi connectivity index (χ2n) is 6.66. The fourth-order valence-corrected chi connectivity index (χ4v) is 2.79. The smallest absolute Gasteiger partial charge is 0.416 e. The van der Waals surface area contributed by atoms with E-state index in [1.165, 1.54) is 30.7 Å². The van der Waals surface area contributed by atoms with Crippen LogP contribution < -0.4 is 15.4 Å². The Bertz CT molecular complexity index is 1270. The maximum absolute atomic E-state index is 12.8. The van der Waals surface area contributed by atoms with Crippen LogP contribution in [0.25, 0.3) is 11.3 Å². The summed E-state index contributed by atoms with van der Waals surface area (Å²) in [6, 6.07) is 10.1. The average molecular weight is 452 g/mol. The van der Waals surface area contributed by atoms with Gasteiger partial charge in [-0.3, -0.25) is 4.98 Å². The van der Waals surface area contributed by atoms with E-state index in [0.29, 0.717) is 22.7 Å². The second kappa shape index (κ2) is 9.30. The zero-order valence-electron chi connectivity index (χ0n) is 16.7. The SMILES string of the molecule is O=C(Nc1cccc(Oc2cncc(-c3cncnc3)n2)c1)Nc1cccc(C(F)(F)F)c1. The van der Waals surface area contributed by atoms with Gasteiger partial charge >= 0.3 is 12.2 Å². The van der Waals surface area contributed by atoms with Crippen molar-refractivity contribution in [3.05, 3.63) is 85.2 Å². The number of benzene rings is 2. The molecule has 0 aliphatic heterocycles. The predicted octanol–water partition coefficient (Wildman–Crippen LogP) is 5.39. The molecule has 0 spiro atoms. The van der Waals surface area contributed by atoms with Crippen LogP contribution in [-0.4, -0.2) is 26.0 Å². The molecule has 0 aliphatic rings. The van der Waals surface area contributed by atoms with Crippen molar-refractivity contribution in [1.29, 1.82) is 0 Å². The van der Waals surface area contributed by atoms with Crippen LogP contribution in [0.1, 0.15) is 5.56 Å². The van der Waals surface area contributed by atoms with Crippen LogP contribution in [0.15, 0.2) is 79.6 Å². The van der Waals surface area contributed by atoms with Gasteiger partial charge < -0.3 is 15.4 Å². The molecule has 2 aromatic heterocycles. The molecule has 8 nitrogen and oxygen atoms in total. The Kier molecular flexibility index (Phi) is 6.11. The van der Waals surface area contributed by atoms with Crippen LogP contribution in [0.2, 0.25) is 0 Å². The highest BCUT2D eigenvalue weighted by Crippen LogP contribution is 2.31. The number of hydrogen-bond donors (Lipinski definition) is 2. The van der Waals surface area contributed by atoms with E-state index in [1.54, 1.807) is 36.8 Å². The Hall–Kier alpha value is -4.54. The van der Waals surface area contributed by atoms with E-state index < -0.39 is 17.8 Å². The molecule has 0 fully saturated rings. The molecular formula is C22H15F3N6O2. The fourth-order valence-electron chi connectivity index (χ4n) is 2.79. The van der Waals surface area contributed by atoms with Gasteiger partial charge in [-0.1, -0.05) is 12.1 Å². The number of halogens is 3. The van der Waals surface area contributed by atoms with Crippen molar-refractivity contribution in [3.63, 3.8) is 0 Å². The van der Waals surface area contributed by atoms with Crippen molar-refractivity contribution in [3.8, 4) is 22.9 Å². The summed E-state index contributed by atoms with van der Waals surface area (Å²) in [5.41, 5.74) is 0.685. The molecule has 4 rings (SSSR count). The monoisotopic (exact) mass is 452 g/mol. The lowest BCUT2D eigenvalue weighted by Gasteiger charge is -2.11. The number of amides is 2. The quantitative estimate of drug-likeness (QED) is 0.421. The predicted molar refractivity (Wildman–Crippen MR) is 114 cm³/mol. The number of rotatable bonds is 5. The number of anilines is 2. The van der Waals surface area contributed by atoms with Crippen molar-refractivity contribution < 1.29 is 22.7 Å². The zero-order chi connectivity index (χ0) is 23.3. The first-order valence-electron chi connectivity index (χ1n) is 9.47. The molecule has 0 radical (unpaired) electrons. The maximum Gasteiger partial charge on any atom is 0.416 e. The number of hydrogen-bond acceptors (Lipinski definition) is 6. The van der Waals surface area contributed by atoms with Gasteiger partial charge in [0.1, 0.15) is 12.1 Å². The third kappa shape index (κ3) is 5.79. The lowest BCUT2D eigenvalue weighted by molar-refractivity contribution is -0.137. The van der Waals surface area contributed by atoms with Gasteiger partial charge in [0.15, 0.2) is 0 Å². The molecule has 0 aliphatic carbocycles. The first-order chi connectivity index (χ1) is 15.9. The number of carbonyl (C=O) groups excluding carboxylic acids is 1. The number of urea groups is 1. The number of ether oxygens (including phenoxy) is 1. The molecule has 33 heavy (non-hydrogen) atoms. The molecule has 4 aromatic rings. The van der Waals surface area contributed by atoms with Gasteiger partial charge in [0.2, 0.25) is 5.88 Å². The molecule has 2 aromatic carbocycles. The Morgan fingerprint density at radius 3 is 2.27 bits per heavy atom. The highest BCUT2D eigenvalue weighted by atomic mass is 19.4. The number of carbonyl (C=O) groups is 1. The Balaban J connectivity index is 1.43. The van der Waals surface area contributed by atoms with Crippen molar-refractivity contribution in [2.24, 2.45) is 0 Å². The van der Waals surface area contributed by atoms with Gasteiger partial charge in [0.25, 0.3) is 0 Å². The zero-order valence-corrected chi connectivity index (χ0v) is 16.7. The van der Waals surface area contributed by atoms with Gasteiger partial charge in [-0.15, -0.1) is 0 Å². The number of alkyl halides is 3. The van der Waals surface area contributed by atoms with Crippen molar-refractivity contribution in [2.45, 2.75) is 6.18 Å². The van der Waals surface area contributed by atoms with Crippen LogP contribution in [0.4, 0.5) is 29.3 Å². The van der Waals surface area contributed by atoms with Crippen LogP contribution in [0.3, 0.4) is 0 Å². The summed E-state index contributed by atoms with van der Waals surface area (Å²) in [6.07, 6.45) is 3.05. The Morgan fingerprint density at radius 1 is 0.848 bits per heavy atom. The number of nitrogens with zero attached hydrogens (tertiary/aromatic N) is 4. The van der Waals surface area contributed by atoms with Crippen LogP contribution in [0.5, 0.6) is 11.6 Å². The van der Waals surface area contributed by atoms with Crippen LogP contribution >= 0.6 is 0 Å². The standard InChI is InChI=1S/C22H15F3N6O2/c23-22(24,25)15-3-1-4-16(7-15)29-21(32)30-17-5-2-6-18(8-17)33-20-12-26-11-19(31-20)14-9-27-13-28-10-14/h1-13H,(H2,29,30,32). The lowest BCUT2D eigenvalue weighted by atomic mass is 10.2. The van der Waals surface area contributed by atoms with E-state index in [-0.39, 0.29) is 11.6 Å². The van der Waals surface area contributed by atoms with Gasteiger partial charge in [-0.25, -0.2) is 19.7 Å². The molecule has 0 saturated heterocycles. The summed E-state index contributed by atoms with van der Waals surface area (Å²) in [5, 5.41) is 4.92. The van der Waals surface area contributed by atoms with E-state index in [0.717, 1.165) is 12.1 Å². The van der Waals surface area contributed by atoms with Gasteiger partial charge in [0.05, 0.1) is 23.7 Å². The second-order valence-corrected chi connectivity index (χ2v) is 6.66. The number of nitrogens with one attached hydrogen (secondary N) is 2. The molecule has 0 unspecified atom stereocenters. The topological polar surface area (TPSA) is 102 Å². The summed E-state index contributed by atoms with van der Waals surface area (Å²) in [5.74, 6) is 0.574. The maximum atomic E-state index is 12.8. The third-order valence-electron chi connectivity index (χ3n) is 4.23. The van der Waals surface area contributed by atoms with E-state index in [1.807, 2.05) is 0 Å². The van der Waals surface area contributed by atoms with E-state index in [9.17, 15) is 18.0 Å². The summed E-state index contributed by atoms with van der Waals surface area (Å²) < 4.78 is 44.2. The lowest BCUT2D eigenvalue weighted by Crippen LogP contribution is -2.19. The van der Waals surface area contributed by atoms with E-state index >= 15 is 0 Å². The average Bonchev–Trinajstić information content (AvgIpc) is 2.80. The summed E-state index contributed by atoms with van der Waals surface area (Å²) in [4.78, 5) is 28.6. The van der Waals surface area contributed by atoms with Crippen LogP contribution in [-0.2, 0) is 6.18 Å². The first kappa shape index (κ1) is 21.7. The largest absolute Gasteiger partial charge is 0.437 e. The summed E-state index contributed by atoms with van der Waals surface area (Å²) in [6.45, 7) is 0. The van der Waals surface area contributed by atoms with Crippen molar-refractivity contribution >= 4 is 17.4 Å². The van der Waals surface area contributed by atoms with Crippen LogP contribution in [0, 0.1) is 0 Å². The summed E-state index contributed by atoms with van der Waals surface area (Å²) >= 11 is 0. The van der Waals surface area contributed by atoms with Gasteiger partial charge in [-0.05, 0) is 30.3 Å². The van der Waals surface area contributed by atoms with Gasteiger partial charge in [-0.2, -0.15) is 13.2 Å². The third-order valence-corrected chi connectivity index (χ3v) is 4.23. The van der Waals surface area contributed by atoms with Gasteiger partial charge in [0, 0.05) is 35.4 Å². The molecule has 2 N–H and O–H groups in total. The first-order valence-corrected chi connectivity index (χ1v) is 9.47. The fraction of sp³-hybridized carbons (Fsp3) is 0.0455. The molecule has 166 valence electrons. The Labute approximate surface area is 185 Å². The van der Waals surface area contributed by atoms with Crippen molar-refractivity contribution in [1.82, 2.24) is 19.9 Å². The molecule has 11 heteroatoms. The van der Waals surface area contributed by atoms with Crippen molar-refractivity contribution in [2.75, 3.05) is 10.6 Å². The number of aromatic nitrogens is 4. The minimum atomic E-state index is -4.51. The van der Waals surface area contributed by atoms with E-state index in [2.05, 4.69) is 30.6 Å². The van der Waals surface area contributed by atoms with E-state index in [4.69, 9.17) is 4.74 Å². The molecule has 0 saturated carbocycles. The Morgan fingerprint density at radius 2 is 1.55 bits per heavy atom. The molecule has 2 heterocycles. The minimum absolute atomic E-state index is 0.00621. The minimum Gasteiger partial charge on any atom is -0.437 e. The highest BCUT2D eigenvalue weighted by Gasteiger charge is 2.30. The molecular weight excluding hydrogens is 437 g/mol. The summed E-state index contributed by atoms with van der Waals surface area (Å²) in [7, 11) is 0. The molecule has 0 bridgehead atoms. The molecule has 0 atom stereocenters. The molecule has 2 amide bonds.